The first kappa shape index (κ1) is 24.2. The maximum Gasteiger partial charge on any atom is 0.286 e. The van der Waals surface area contributed by atoms with Crippen molar-refractivity contribution in [2.24, 2.45) is 4.99 Å². The van der Waals surface area contributed by atoms with E-state index in [4.69, 9.17) is 0 Å². The van der Waals surface area contributed by atoms with Crippen molar-refractivity contribution in [2.45, 2.75) is 26.7 Å². The van der Waals surface area contributed by atoms with Gasteiger partial charge in [0.1, 0.15) is 0 Å². The van der Waals surface area contributed by atoms with Crippen molar-refractivity contribution in [2.75, 3.05) is 50.7 Å². The molecule has 0 aliphatic carbocycles. The van der Waals surface area contributed by atoms with E-state index in [1.165, 1.54) is 41.4 Å². The maximum absolute atomic E-state index is 12.6. The Balaban J connectivity index is 1.28. The van der Waals surface area contributed by atoms with Gasteiger partial charge in [-0.25, -0.2) is 0 Å². The Labute approximate surface area is 223 Å². The lowest BCUT2D eigenvalue weighted by Gasteiger charge is -2.36. The number of aliphatic imine (C=N–C) groups is 1. The summed E-state index contributed by atoms with van der Waals surface area (Å²) in [4.78, 5) is 29.5. The summed E-state index contributed by atoms with van der Waals surface area (Å²) in [6, 6.07) is 15.1. The Bertz CT molecular complexity index is 1400. The Kier molecular flexibility index (Phi) is 6.74. The Hall–Kier alpha value is -3.16. The Morgan fingerprint density at radius 3 is 2.51 bits per heavy atom. The molecule has 0 unspecified atom stereocenters. The van der Waals surface area contributed by atoms with Gasteiger partial charge in [-0.3, -0.25) is 9.78 Å². The van der Waals surface area contributed by atoms with Crippen LogP contribution in [0.2, 0.25) is 0 Å². The second-order valence-electron chi connectivity index (χ2n) is 10.1. The molecule has 6 nitrogen and oxygen atoms in total. The van der Waals surface area contributed by atoms with Crippen LogP contribution in [0.25, 0.3) is 28.1 Å². The number of carbonyl (C=O) groups excluding carboxylic acids is 1. The van der Waals surface area contributed by atoms with Crippen molar-refractivity contribution in [1.82, 2.24) is 14.8 Å². The lowest BCUT2D eigenvalue weighted by molar-refractivity contribution is -0.113. The molecule has 1 aromatic heterocycles. The van der Waals surface area contributed by atoms with E-state index in [9.17, 15) is 4.79 Å². The number of anilines is 1. The van der Waals surface area contributed by atoms with Crippen LogP contribution in [0.15, 0.2) is 58.6 Å². The number of amides is 1. The quantitative estimate of drug-likeness (QED) is 0.436. The van der Waals surface area contributed by atoms with E-state index < -0.39 is 0 Å². The fourth-order valence-electron chi connectivity index (χ4n) is 5.58. The molecule has 2 saturated heterocycles. The van der Waals surface area contributed by atoms with Gasteiger partial charge in [-0.1, -0.05) is 19.1 Å². The third kappa shape index (κ3) is 4.90. The number of likely N-dealkylation sites (tertiary alicyclic amines) is 1. The van der Waals surface area contributed by atoms with Crippen LogP contribution >= 0.6 is 11.8 Å². The van der Waals surface area contributed by atoms with Gasteiger partial charge >= 0.3 is 0 Å². The molecule has 190 valence electrons. The third-order valence-corrected chi connectivity index (χ3v) is 8.76. The minimum absolute atomic E-state index is 0.135. The van der Waals surface area contributed by atoms with E-state index in [2.05, 4.69) is 68.9 Å². The molecule has 3 aliphatic heterocycles. The fourth-order valence-corrected chi connectivity index (χ4v) is 6.55. The van der Waals surface area contributed by atoms with Gasteiger partial charge in [0.2, 0.25) is 0 Å². The molecular formula is C30H33N5OS. The van der Waals surface area contributed by atoms with Crippen molar-refractivity contribution in [1.29, 1.82) is 0 Å². The van der Waals surface area contributed by atoms with Crippen LogP contribution in [0.5, 0.6) is 0 Å². The van der Waals surface area contributed by atoms with Crippen LogP contribution in [-0.2, 0) is 4.79 Å². The summed E-state index contributed by atoms with van der Waals surface area (Å²) in [6.07, 6.45) is 6.20. The van der Waals surface area contributed by atoms with E-state index >= 15 is 0 Å². The molecule has 3 aliphatic rings. The Morgan fingerprint density at radius 1 is 0.946 bits per heavy atom. The van der Waals surface area contributed by atoms with Crippen molar-refractivity contribution < 1.29 is 4.79 Å². The summed E-state index contributed by atoms with van der Waals surface area (Å²) in [5.41, 5.74) is 6.93. The van der Waals surface area contributed by atoms with Crippen LogP contribution in [0.3, 0.4) is 0 Å². The molecule has 3 aromatic rings. The average molecular weight is 512 g/mol. The van der Waals surface area contributed by atoms with Gasteiger partial charge in [-0.05, 0) is 96.7 Å². The number of pyridine rings is 1. The highest BCUT2D eigenvalue weighted by atomic mass is 32.2. The number of amidine groups is 1. The number of nitrogens with zero attached hydrogens (tertiary/aromatic N) is 5. The largest absolute Gasteiger partial charge is 0.369 e. The molecule has 37 heavy (non-hydrogen) atoms. The molecule has 0 radical (unpaired) electrons. The number of hydrogen-bond acceptors (Lipinski definition) is 6. The van der Waals surface area contributed by atoms with Crippen LogP contribution in [0.1, 0.15) is 30.9 Å². The Morgan fingerprint density at radius 2 is 1.76 bits per heavy atom. The number of hydrogen-bond donors (Lipinski definition) is 0. The molecule has 0 N–H and O–H groups in total. The van der Waals surface area contributed by atoms with Gasteiger partial charge in [0.25, 0.3) is 5.91 Å². The summed E-state index contributed by atoms with van der Waals surface area (Å²) in [5, 5.41) is 1.94. The predicted molar refractivity (Wildman–Crippen MR) is 155 cm³/mol. The van der Waals surface area contributed by atoms with Crippen molar-refractivity contribution in [3.05, 3.63) is 64.7 Å². The number of carbonyl (C=O) groups is 1. The lowest BCUT2D eigenvalue weighted by atomic mass is 9.97. The molecule has 6 rings (SSSR count). The summed E-state index contributed by atoms with van der Waals surface area (Å²) in [5.74, 6) is -0.135. The third-order valence-electron chi connectivity index (χ3n) is 7.72. The van der Waals surface area contributed by atoms with E-state index in [1.807, 2.05) is 24.4 Å². The summed E-state index contributed by atoms with van der Waals surface area (Å²) >= 11 is 1.50. The first-order valence-electron chi connectivity index (χ1n) is 13.3. The normalized spacial score (nSPS) is 19.9. The molecule has 0 bridgehead atoms. The molecule has 2 aromatic carbocycles. The van der Waals surface area contributed by atoms with E-state index in [0.717, 1.165) is 73.0 Å². The predicted octanol–water partition coefficient (Wildman–Crippen LogP) is 5.42. The number of likely N-dealkylation sites (N-methyl/N-ethyl adjacent to an activating group) is 1. The SMILES string of the molecule is CCN1CCN(c2ccc(-c3ccnc4ccc(C=C5SC(N6CCCC6)=NC5=O)cc34)cc2C)CC1. The van der Waals surface area contributed by atoms with Crippen molar-refractivity contribution >= 4 is 45.5 Å². The zero-order valence-corrected chi connectivity index (χ0v) is 22.4. The van der Waals surface area contributed by atoms with Crippen LogP contribution in [0.4, 0.5) is 5.69 Å². The number of fused-ring (bicyclic) bond motifs is 1. The van der Waals surface area contributed by atoms with E-state index in [-0.39, 0.29) is 5.91 Å². The first-order valence-corrected chi connectivity index (χ1v) is 14.2. The van der Waals surface area contributed by atoms with Crippen LogP contribution in [0, 0.1) is 6.92 Å². The summed E-state index contributed by atoms with van der Waals surface area (Å²) in [6.45, 7) is 11.9. The second-order valence-corrected chi connectivity index (χ2v) is 11.1. The van der Waals surface area contributed by atoms with Gasteiger partial charge < -0.3 is 14.7 Å². The van der Waals surface area contributed by atoms with E-state index in [1.54, 1.807) is 0 Å². The minimum atomic E-state index is -0.135. The molecule has 2 fully saturated rings. The number of aromatic nitrogens is 1. The highest BCUT2D eigenvalue weighted by Crippen LogP contribution is 2.35. The van der Waals surface area contributed by atoms with Crippen molar-refractivity contribution in [3.8, 4) is 11.1 Å². The lowest BCUT2D eigenvalue weighted by Crippen LogP contribution is -2.46. The smallest absolute Gasteiger partial charge is 0.286 e. The first-order chi connectivity index (χ1) is 18.1. The van der Waals surface area contributed by atoms with Crippen LogP contribution < -0.4 is 4.90 Å². The van der Waals surface area contributed by atoms with Gasteiger partial charge in [0, 0.05) is 56.5 Å². The van der Waals surface area contributed by atoms with Crippen molar-refractivity contribution in [3.63, 3.8) is 0 Å². The maximum atomic E-state index is 12.6. The van der Waals surface area contributed by atoms with Gasteiger partial charge in [-0.15, -0.1) is 0 Å². The topological polar surface area (TPSA) is 52.0 Å². The molecule has 0 spiro atoms. The highest BCUT2D eigenvalue weighted by molar-refractivity contribution is 8.18. The molecule has 1 amide bonds. The number of piperazine rings is 1. The highest BCUT2D eigenvalue weighted by Gasteiger charge is 2.27. The van der Waals surface area contributed by atoms with Crippen LogP contribution in [-0.4, -0.2) is 71.7 Å². The number of aryl methyl sites for hydroxylation is 1. The number of rotatable bonds is 4. The standard InChI is InChI=1S/C30H33N5OS/c1-3-33-14-16-34(17-15-33)27-9-7-23(18-21(27)2)24-10-11-31-26-8-6-22(19-25(24)26)20-28-29(36)32-30(37-28)35-12-4-5-13-35/h6-11,18-20H,3-5,12-17H2,1-2H3. The molecular weight excluding hydrogens is 478 g/mol. The molecule has 0 saturated carbocycles. The average Bonchev–Trinajstić information content (AvgIpc) is 3.59. The zero-order chi connectivity index (χ0) is 25.4. The molecule has 7 heteroatoms. The van der Waals surface area contributed by atoms with Gasteiger partial charge in [0.15, 0.2) is 5.17 Å². The van der Waals surface area contributed by atoms with Gasteiger partial charge in [-0.2, -0.15) is 4.99 Å². The number of thioether (sulfide) groups is 1. The van der Waals surface area contributed by atoms with Gasteiger partial charge in [0.05, 0.1) is 10.4 Å². The number of benzene rings is 2. The zero-order valence-electron chi connectivity index (χ0n) is 21.6. The molecule has 4 heterocycles. The monoisotopic (exact) mass is 511 g/mol. The summed E-state index contributed by atoms with van der Waals surface area (Å²) < 4.78 is 0. The molecule has 0 atom stereocenters. The minimum Gasteiger partial charge on any atom is -0.369 e. The second kappa shape index (κ2) is 10.3. The van der Waals surface area contributed by atoms with E-state index in [0.29, 0.717) is 4.91 Å². The fraction of sp³-hybridized carbons (Fsp3) is 0.367. The summed E-state index contributed by atoms with van der Waals surface area (Å²) in [7, 11) is 0.